The molecule has 3 heterocycles. The van der Waals surface area contributed by atoms with Gasteiger partial charge in [0.05, 0.1) is 10.9 Å². The minimum Gasteiger partial charge on any atom is -0.339 e. The highest BCUT2D eigenvalue weighted by Gasteiger charge is 2.25. The zero-order valence-electron chi connectivity index (χ0n) is 14.6. The maximum absolute atomic E-state index is 12.5. The first-order valence-corrected chi connectivity index (χ1v) is 9.93. The summed E-state index contributed by atoms with van der Waals surface area (Å²) in [5.41, 5.74) is 0. The number of rotatable bonds is 4. The zero-order chi connectivity index (χ0) is 17.8. The molecule has 1 aromatic heterocycles. The minimum atomic E-state index is 0.0928. The van der Waals surface area contributed by atoms with Crippen molar-refractivity contribution in [1.82, 2.24) is 19.6 Å². The monoisotopic (exact) mass is 384 g/mol. The van der Waals surface area contributed by atoms with E-state index in [1.165, 1.54) is 4.88 Å². The molecule has 0 spiro atoms. The molecule has 0 aliphatic carbocycles. The van der Waals surface area contributed by atoms with Crippen molar-refractivity contribution < 1.29 is 9.59 Å². The van der Waals surface area contributed by atoms with E-state index in [4.69, 9.17) is 11.6 Å². The van der Waals surface area contributed by atoms with Crippen molar-refractivity contribution in [3.05, 3.63) is 21.3 Å². The molecule has 0 saturated carbocycles. The van der Waals surface area contributed by atoms with Gasteiger partial charge in [-0.05, 0) is 12.1 Å². The predicted octanol–water partition coefficient (Wildman–Crippen LogP) is 1.21. The van der Waals surface area contributed by atoms with Gasteiger partial charge in [0.1, 0.15) is 0 Å². The second kappa shape index (κ2) is 8.49. The molecule has 138 valence electrons. The molecule has 0 atom stereocenters. The molecular weight excluding hydrogens is 360 g/mol. The standard InChI is InChI=1S/C17H25ClN4O2S/c1-14(23)21-8-10-22(11-9-21)17(24)13-20-6-4-19(5-7-20)12-15-2-3-16(18)25-15/h2-3H,4-13H2,1H3. The average Bonchev–Trinajstić information content (AvgIpc) is 3.01. The number of hydrogen-bond donors (Lipinski definition) is 0. The predicted molar refractivity (Wildman–Crippen MR) is 99.9 cm³/mol. The number of amides is 2. The molecule has 0 bridgehead atoms. The van der Waals surface area contributed by atoms with Crippen molar-refractivity contribution in [2.75, 3.05) is 58.9 Å². The summed E-state index contributed by atoms with van der Waals surface area (Å²) < 4.78 is 0.837. The van der Waals surface area contributed by atoms with Crippen LogP contribution in [0.15, 0.2) is 12.1 Å². The Labute approximate surface area is 157 Å². The Morgan fingerprint density at radius 2 is 1.56 bits per heavy atom. The summed E-state index contributed by atoms with van der Waals surface area (Å²) in [6.07, 6.45) is 0. The Kier molecular flexibility index (Phi) is 6.33. The second-order valence-electron chi connectivity index (χ2n) is 6.64. The van der Waals surface area contributed by atoms with Crippen LogP contribution in [-0.2, 0) is 16.1 Å². The van der Waals surface area contributed by atoms with E-state index < -0.39 is 0 Å². The summed E-state index contributed by atoms with van der Waals surface area (Å²) in [7, 11) is 0. The van der Waals surface area contributed by atoms with E-state index in [0.717, 1.165) is 37.1 Å². The number of piperazine rings is 2. The van der Waals surface area contributed by atoms with Crippen molar-refractivity contribution in [3.63, 3.8) is 0 Å². The number of nitrogens with zero attached hydrogens (tertiary/aromatic N) is 4. The van der Waals surface area contributed by atoms with Crippen LogP contribution in [-0.4, -0.2) is 90.3 Å². The van der Waals surface area contributed by atoms with E-state index in [0.29, 0.717) is 32.7 Å². The number of carbonyl (C=O) groups is 2. The fourth-order valence-corrected chi connectivity index (χ4v) is 4.45. The molecule has 0 radical (unpaired) electrons. The molecule has 6 nitrogen and oxygen atoms in total. The Morgan fingerprint density at radius 3 is 2.12 bits per heavy atom. The zero-order valence-corrected chi connectivity index (χ0v) is 16.2. The summed E-state index contributed by atoms with van der Waals surface area (Å²) in [4.78, 5) is 33.5. The second-order valence-corrected chi connectivity index (χ2v) is 8.44. The van der Waals surface area contributed by atoms with Crippen molar-refractivity contribution in [2.45, 2.75) is 13.5 Å². The third-order valence-electron chi connectivity index (χ3n) is 4.91. The van der Waals surface area contributed by atoms with Crippen LogP contribution in [0.1, 0.15) is 11.8 Å². The number of thiophene rings is 1. The van der Waals surface area contributed by atoms with Crippen molar-refractivity contribution in [1.29, 1.82) is 0 Å². The number of hydrogen-bond acceptors (Lipinski definition) is 5. The third kappa shape index (κ3) is 5.17. The first-order chi connectivity index (χ1) is 12.0. The summed E-state index contributed by atoms with van der Waals surface area (Å²) in [6, 6.07) is 4.03. The van der Waals surface area contributed by atoms with Gasteiger partial charge in [-0.15, -0.1) is 11.3 Å². The van der Waals surface area contributed by atoms with E-state index in [-0.39, 0.29) is 11.8 Å². The molecule has 2 aliphatic heterocycles. The smallest absolute Gasteiger partial charge is 0.236 e. The molecule has 2 aliphatic rings. The lowest BCUT2D eigenvalue weighted by atomic mass is 10.2. The van der Waals surface area contributed by atoms with Crippen LogP contribution in [0.2, 0.25) is 4.34 Å². The molecule has 0 N–H and O–H groups in total. The summed E-state index contributed by atoms with van der Waals surface area (Å²) in [6.45, 7) is 9.38. The minimum absolute atomic E-state index is 0.0928. The van der Waals surface area contributed by atoms with Gasteiger partial charge < -0.3 is 9.80 Å². The van der Waals surface area contributed by atoms with E-state index >= 15 is 0 Å². The molecule has 8 heteroatoms. The lowest BCUT2D eigenvalue weighted by molar-refractivity contribution is -0.139. The Morgan fingerprint density at radius 1 is 0.960 bits per heavy atom. The quantitative estimate of drug-likeness (QED) is 0.782. The first kappa shape index (κ1) is 18.6. The molecule has 1 aromatic rings. The SMILES string of the molecule is CC(=O)N1CCN(C(=O)CN2CCN(Cc3ccc(Cl)s3)CC2)CC1. The molecular formula is C17H25ClN4O2S. The normalized spacial score (nSPS) is 20.1. The highest BCUT2D eigenvalue weighted by Crippen LogP contribution is 2.23. The largest absolute Gasteiger partial charge is 0.339 e. The van der Waals surface area contributed by atoms with Crippen LogP contribution in [0.5, 0.6) is 0 Å². The summed E-state index contributed by atoms with van der Waals surface area (Å²) >= 11 is 7.62. The molecule has 0 aromatic carbocycles. The average molecular weight is 385 g/mol. The topological polar surface area (TPSA) is 47.1 Å². The van der Waals surface area contributed by atoms with Gasteiger partial charge >= 0.3 is 0 Å². The van der Waals surface area contributed by atoms with Crippen molar-refractivity contribution in [2.24, 2.45) is 0 Å². The van der Waals surface area contributed by atoms with Crippen LogP contribution in [0.3, 0.4) is 0 Å². The highest BCUT2D eigenvalue weighted by molar-refractivity contribution is 7.16. The van der Waals surface area contributed by atoms with Gasteiger partial charge in [0.25, 0.3) is 0 Å². The maximum Gasteiger partial charge on any atom is 0.236 e. The van der Waals surface area contributed by atoms with Gasteiger partial charge in [0.2, 0.25) is 11.8 Å². The molecule has 0 unspecified atom stereocenters. The van der Waals surface area contributed by atoms with Crippen LogP contribution < -0.4 is 0 Å². The fourth-order valence-electron chi connectivity index (χ4n) is 3.32. The van der Waals surface area contributed by atoms with E-state index in [1.807, 2.05) is 11.0 Å². The Bertz CT molecular complexity index is 608. The lowest BCUT2D eigenvalue weighted by Crippen LogP contribution is -2.54. The van der Waals surface area contributed by atoms with Gasteiger partial charge in [0.15, 0.2) is 0 Å². The molecule has 3 rings (SSSR count). The van der Waals surface area contributed by atoms with Gasteiger partial charge in [-0.3, -0.25) is 19.4 Å². The van der Waals surface area contributed by atoms with Gasteiger partial charge in [-0.25, -0.2) is 0 Å². The summed E-state index contributed by atoms with van der Waals surface area (Å²) in [5.74, 6) is 0.275. The maximum atomic E-state index is 12.5. The van der Waals surface area contributed by atoms with Crippen molar-refractivity contribution in [3.8, 4) is 0 Å². The van der Waals surface area contributed by atoms with Crippen LogP contribution >= 0.6 is 22.9 Å². The van der Waals surface area contributed by atoms with Gasteiger partial charge in [-0.2, -0.15) is 0 Å². The van der Waals surface area contributed by atoms with Crippen LogP contribution in [0, 0.1) is 0 Å². The van der Waals surface area contributed by atoms with E-state index in [1.54, 1.807) is 23.2 Å². The summed E-state index contributed by atoms with van der Waals surface area (Å²) in [5, 5.41) is 0. The van der Waals surface area contributed by atoms with Gasteiger partial charge in [-0.1, -0.05) is 11.6 Å². The van der Waals surface area contributed by atoms with Crippen LogP contribution in [0.25, 0.3) is 0 Å². The van der Waals surface area contributed by atoms with Gasteiger partial charge in [0, 0.05) is 70.7 Å². The number of halogens is 1. The van der Waals surface area contributed by atoms with E-state index in [2.05, 4.69) is 15.9 Å². The first-order valence-electron chi connectivity index (χ1n) is 8.73. The van der Waals surface area contributed by atoms with Crippen molar-refractivity contribution >= 4 is 34.8 Å². The molecule has 2 saturated heterocycles. The van der Waals surface area contributed by atoms with Crippen LogP contribution in [0.4, 0.5) is 0 Å². The Hall–Kier alpha value is -1.15. The third-order valence-corrected chi connectivity index (χ3v) is 6.13. The molecule has 2 fully saturated rings. The molecule has 25 heavy (non-hydrogen) atoms. The molecule has 2 amide bonds. The van der Waals surface area contributed by atoms with E-state index in [9.17, 15) is 9.59 Å². The highest BCUT2D eigenvalue weighted by atomic mass is 35.5. The fraction of sp³-hybridized carbons (Fsp3) is 0.647. The number of carbonyl (C=O) groups excluding carboxylic acids is 2. The Balaban J connectivity index is 1.38. The lowest BCUT2D eigenvalue weighted by Gasteiger charge is -2.37.